The number of aromatic amines is 1. The molecule has 4 atom stereocenters. The van der Waals surface area contributed by atoms with E-state index in [1.807, 2.05) is 84.9 Å². The number of hydrogen-bond acceptors (Lipinski definition) is 6. The van der Waals surface area contributed by atoms with Crippen molar-refractivity contribution in [2.45, 2.75) is 50.2 Å². The Labute approximate surface area is 249 Å². The van der Waals surface area contributed by atoms with Crippen LogP contribution in [0.2, 0.25) is 0 Å². The van der Waals surface area contributed by atoms with E-state index >= 15 is 0 Å². The van der Waals surface area contributed by atoms with E-state index in [1.54, 1.807) is 28.0 Å². The van der Waals surface area contributed by atoms with E-state index in [2.05, 4.69) is 10.2 Å². The molecule has 1 aromatic heterocycles. The number of urea groups is 1. The number of H-pyrrole nitrogens is 1. The summed E-state index contributed by atoms with van der Waals surface area (Å²) in [5.41, 5.74) is 10.3. The first-order chi connectivity index (χ1) is 20.9. The lowest BCUT2D eigenvalue weighted by atomic mass is 9.91. The standard InChI is InChI=1S/C34H35N5O4/c35-33-27-17-25(14-15-28(27)36-37-33)21-39-30(19-23-10-5-2-6-11-23)32(42)31(41)29(18-22-8-3-1-4-9-22)38(34(39)43)20-24-12-7-13-26(40)16-24/h1-17,29-32,40-42H,18-21H2,(H3,35,36,37)/t29-,30-,31+,32+/m1/s1. The molecule has 0 radical (unpaired) electrons. The number of amides is 2. The molecule has 0 saturated carbocycles. The Balaban J connectivity index is 1.44. The Kier molecular flexibility index (Phi) is 8.00. The van der Waals surface area contributed by atoms with Crippen molar-refractivity contribution in [1.82, 2.24) is 20.0 Å². The Morgan fingerprint density at radius 3 is 1.79 bits per heavy atom. The number of nitrogens with one attached hydrogen (secondary N) is 1. The molecular formula is C34H35N5O4. The number of benzene rings is 4. The molecule has 1 saturated heterocycles. The number of carbonyl (C=O) groups is 1. The van der Waals surface area contributed by atoms with Gasteiger partial charge >= 0.3 is 6.03 Å². The van der Waals surface area contributed by atoms with Crippen molar-refractivity contribution in [1.29, 1.82) is 0 Å². The lowest BCUT2D eigenvalue weighted by molar-refractivity contribution is -0.0408. The van der Waals surface area contributed by atoms with E-state index in [0.717, 1.165) is 27.6 Å². The van der Waals surface area contributed by atoms with Gasteiger partial charge in [0.05, 0.1) is 17.6 Å². The van der Waals surface area contributed by atoms with Gasteiger partial charge in [0.25, 0.3) is 0 Å². The Morgan fingerprint density at radius 1 is 0.698 bits per heavy atom. The zero-order valence-electron chi connectivity index (χ0n) is 23.6. The van der Waals surface area contributed by atoms with Gasteiger partial charge in [0.1, 0.15) is 18.0 Å². The van der Waals surface area contributed by atoms with E-state index in [0.29, 0.717) is 24.2 Å². The smallest absolute Gasteiger partial charge is 0.321 e. The fourth-order valence-electron chi connectivity index (χ4n) is 6.04. The second-order valence-electron chi connectivity index (χ2n) is 11.2. The van der Waals surface area contributed by atoms with E-state index in [9.17, 15) is 20.1 Å². The highest BCUT2D eigenvalue weighted by molar-refractivity contribution is 5.89. The Bertz CT molecular complexity index is 1690. The minimum absolute atomic E-state index is 0.0878. The number of nitrogen functional groups attached to an aromatic ring is 1. The number of aliphatic hydroxyl groups is 2. The molecule has 4 aromatic carbocycles. The third kappa shape index (κ3) is 6.04. The molecule has 1 fully saturated rings. The average Bonchev–Trinajstić information content (AvgIpc) is 3.38. The number of aromatic hydroxyl groups is 1. The number of anilines is 1. The van der Waals surface area contributed by atoms with Gasteiger partial charge in [0.2, 0.25) is 0 Å². The highest BCUT2D eigenvalue weighted by atomic mass is 16.3. The lowest BCUT2D eigenvalue weighted by Crippen LogP contribution is -2.50. The monoisotopic (exact) mass is 577 g/mol. The molecule has 9 nitrogen and oxygen atoms in total. The van der Waals surface area contributed by atoms with Crippen LogP contribution in [0.4, 0.5) is 10.6 Å². The van der Waals surface area contributed by atoms with Gasteiger partial charge in [-0.15, -0.1) is 0 Å². The van der Waals surface area contributed by atoms with E-state index in [4.69, 9.17) is 5.73 Å². The fourth-order valence-corrected chi connectivity index (χ4v) is 6.04. The third-order valence-electron chi connectivity index (χ3n) is 8.28. The summed E-state index contributed by atoms with van der Waals surface area (Å²) in [5, 5.41) is 41.6. The predicted molar refractivity (Wildman–Crippen MR) is 165 cm³/mol. The summed E-state index contributed by atoms with van der Waals surface area (Å²) in [4.78, 5) is 18.0. The van der Waals surface area contributed by atoms with Gasteiger partial charge in [0.15, 0.2) is 5.82 Å². The van der Waals surface area contributed by atoms with Crippen LogP contribution in [0.3, 0.4) is 0 Å². The van der Waals surface area contributed by atoms with Gasteiger partial charge in [-0.1, -0.05) is 78.9 Å². The molecule has 1 aliphatic heterocycles. The van der Waals surface area contributed by atoms with E-state index in [-0.39, 0.29) is 24.9 Å². The zero-order chi connectivity index (χ0) is 29.9. The molecule has 1 aliphatic rings. The molecule has 6 N–H and O–H groups in total. The van der Waals surface area contributed by atoms with Crippen LogP contribution >= 0.6 is 0 Å². The quantitative estimate of drug-likeness (QED) is 0.187. The van der Waals surface area contributed by atoms with Crippen molar-refractivity contribution in [3.05, 3.63) is 125 Å². The third-order valence-corrected chi connectivity index (χ3v) is 8.28. The summed E-state index contributed by atoms with van der Waals surface area (Å²) in [5.74, 6) is 0.452. The van der Waals surface area contributed by atoms with Gasteiger partial charge in [-0.3, -0.25) is 5.10 Å². The van der Waals surface area contributed by atoms with Crippen LogP contribution in [0.25, 0.3) is 10.9 Å². The van der Waals surface area contributed by atoms with Gasteiger partial charge in [-0.2, -0.15) is 5.10 Å². The first kappa shape index (κ1) is 28.3. The number of hydrogen-bond donors (Lipinski definition) is 5. The summed E-state index contributed by atoms with van der Waals surface area (Å²) in [6, 6.07) is 30.0. The van der Waals surface area contributed by atoms with Gasteiger partial charge in [0, 0.05) is 18.5 Å². The SMILES string of the molecule is Nc1n[nH]c2ccc(CN3C(=O)N(Cc4cccc(O)c4)[C@H](Cc4ccccc4)[C@H](O)[C@@H](O)[C@H]3Cc3ccccc3)cc12. The number of aromatic nitrogens is 2. The fraction of sp³-hybridized carbons (Fsp3) is 0.235. The van der Waals surface area contributed by atoms with Crippen LogP contribution in [0.5, 0.6) is 5.75 Å². The van der Waals surface area contributed by atoms with Crippen molar-refractivity contribution in [2.24, 2.45) is 0 Å². The van der Waals surface area contributed by atoms with Crippen molar-refractivity contribution < 1.29 is 20.1 Å². The first-order valence-corrected chi connectivity index (χ1v) is 14.4. The van der Waals surface area contributed by atoms with Gasteiger partial charge < -0.3 is 30.9 Å². The molecule has 0 aliphatic carbocycles. The van der Waals surface area contributed by atoms with Crippen LogP contribution in [-0.4, -0.2) is 65.6 Å². The molecule has 0 unspecified atom stereocenters. The number of phenolic OH excluding ortho intramolecular Hbond substituents is 1. The zero-order valence-corrected chi connectivity index (χ0v) is 23.6. The summed E-state index contributed by atoms with van der Waals surface area (Å²) < 4.78 is 0. The minimum atomic E-state index is -1.24. The van der Waals surface area contributed by atoms with Crippen molar-refractivity contribution >= 4 is 22.8 Å². The summed E-state index contributed by atoms with van der Waals surface area (Å²) >= 11 is 0. The number of nitrogens with two attached hydrogens (primary N) is 1. The number of rotatable bonds is 8. The van der Waals surface area contributed by atoms with Crippen LogP contribution in [-0.2, 0) is 25.9 Å². The molecule has 0 spiro atoms. The second kappa shape index (κ2) is 12.2. The topological polar surface area (TPSA) is 139 Å². The summed E-state index contributed by atoms with van der Waals surface area (Å²) in [6.07, 6.45) is -1.80. The number of nitrogens with zero attached hydrogens (tertiary/aromatic N) is 3. The number of fused-ring (bicyclic) bond motifs is 1. The molecule has 2 heterocycles. The van der Waals surface area contributed by atoms with Crippen LogP contribution < -0.4 is 5.73 Å². The van der Waals surface area contributed by atoms with Crippen LogP contribution in [0, 0.1) is 0 Å². The maximum atomic E-state index is 14.7. The van der Waals surface area contributed by atoms with Crippen LogP contribution in [0.15, 0.2) is 103 Å². The van der Waals surface area contributed by atoms with E-state index < -0.39 is 24.3 Å². The Hall–Kier alpha value is -4.86. The largest absolute Gasteiger partial charge is 0.508 e. The van der Waals surface area contributed by atoms with Crippen molar-refractivity contribution in [2.75, 3.05) is 5.73 Å². The first-order valence-electron chi connectivity index (χ1n) is 14.4. The number of carbonyl (C=O) groups excluding carboxylic acids is 1. The number of aliphatic hydroxyl groups excluding tert-OH is 2. The molecule has 5 aromatic rings. The molecule has 220 valence electrons. The molecule has 0 bridgehead atoms. The van der Waals surface area contributed by atoms with Gasteiger partial charge in [-0.25, -0.2) is 4.79 Å². The van der Waals surface area contributed by atoms with Crippen molar-refractivity contribution in [3.8, 4) is 5.75 Å². The highest BCUT2D eigenvalue weighted by Crippen LogP contribution is 2.31. The molecule has 9 heteroatoms. The maximum absolute atomic E-state index is 14.7. The molecule has 2 amide bonds. The molecule has 43 heavy (non-hydrogen) atoms. The second-order valence-corrected chi connectivity index (χ2v) is 11.2. The van der Waals surface area contributed by atoms with Crippen LogP contribution in [0.1, 0.15) is 22.3 Å². The predicted octanol–water partition coefficient (Wildman–Crippen LogP) is 4.23. The Morgan fingerprint density at radius 2 is 1.23 bits per heavy atom. The lowest BCUT2D eigenvalue weighted by Gasteiger charge is -2.36. The van der Waals surface area contributed by atoms with Crippen molar-refractivity contribution in [3.63, 3.8) is 0 Å². The molecular weight excluding hydrogens is 542 g/mol. The summed E-state index contributed by atoms with van der Waals surface area (Å²) in [7, 11) is 0. The number of phenols is 1. The maximum Gasteiger partial charge on any atom is 0.321 e. The molecule has 6 rings (SSSR count). The van der Waals surface area contributed by atoms with E-state index in [1.165, 1.54) is 0 Å². The summed E-state index contributed by atoms with van der Waals surface area (Å²) in [6.45, 7) is 0.312. The normalized spacial score (nSPS) is 20.8. The minimum Gasteiger partial charge on any atom is -0.508 e. The van der Waals surface area contributed by atoms with Gasteiger partial charge in [-0.05, 0) is 59.4 Å². The highest BCUT2D eigenvalue weighted by Gasteiger charge is 2.46. The average molecular weight is 578 g/mol.